The molecule has 0 bridgehead atoms. The SMILES string of the molecule is O=C(Cc1cccc(C(F)(F)F)n1)Nc1cc(C2CC2)ccn1. The second-order valence-corrected chi connectivity index (χ2v) is 5.49. The maximum atomic E-state index is 12.6. The van der Waals surface area contributed by atoms with E-state index in [0.717, 1.165) is 24.5 Å². The smallest absolute Gasteiger partial charge is 0.310 e. The molecule has 0 atom stereocenters. The number of anilines is 1. The summed E-state index contributed by atoms with van der Waals surface area (Å²) in [6, 6.07) is 7.21. The standard InChI is InChI=1S/C16H14F3N3O/c17-16(18,19)13-3-1-2-12(21-13)9-15(23)22-14-8-11(6-7-20-14)10-4-5-10/h1-3,6-8,10H,4-5,9H2,(H,20,22,23). The number of amides is 1. The minimum absolute atomic E-state index is 0.0654. The summed E-state index contributed by atoms with van der Waals surface area (Å²) in [7, 11) is 0. The van der Waals surface area contributed by atoms with E-state index in [9.17, 15) is 18.0 Å². The quantitative estimate of drug-likeness (QED) is 0.937. The minimum Gasteiger partial charge on any atom is -0.310 e. The van der Waals surface area contributed by atoms with Crippen LogP contribution in [-0.4, -0.2) is 15.9 Å². The van der Waals surface area contributed by atoms with Crippen LogP contribution < -0.4 is 5.32 Å². The highest BCUT2D eigenvalue weighted by Gasteiger charge is 2.32. The molecule has 1 saturated carbocycles. The van der Waals surface area contributed by atoms with Gasteiger partial charge in [-0.05, 0) is 48.6 Å². The first-order valence-corrected chi connectivity index (χ1v) is 7.21. The monoisotopic (exact) mass is 321 g/mol. The number of halogens is 3. The van der Waals surface area contributed by atoms with E-state index >= 15 is 0 Å². The van der Waals surface area contributed by atoms with Crippen LogP contribution in [0.5, 0.6) is 0 Å². The lowest BCUT2D eigenvalue weighted by Gasteiger charge is -2.08. The maximum absolute atomic E-state index is 12.6. The highest BCUT2D eigenvalue weighted by molar-refractivity contribution is 5.91. The van der Waals surface area contributed by atoms with E-state index < -0.39 is 17.8 Å². The number of nitrogens with zero attached hydrogens (tertiary/aromatic N) is 2. The van der Waals surface area contributed by atoms with E-state index in [1.807, 2.05) is 6.07 Å². The number of nitrogens with one attached hydrogen (secondary N) is 1. The second-order valence-electron chi connectivity index (χ2n) is 5.49. The predicted molar refractivity (Wildman–Crippen MR) is 77.8 cm³/mol. The van der Waals surface area contributed by atoms with E-state index in [2.05, 4.69) is 15.3 Å². The van der Waals surface area contributed by atoms with Gasteiger partial charge in [0.2, 0.25) is 5.91 Å². The van der Waals surface area contributed by atoms with Crippen molar-refractivity contribution in [2.45, 2.75) is 31.4 Å². The molecule has 0 saturated heterocycles. The number of carbonyl (C=O) groups excluding carboxylic acids is 1. The Morgan fingerprint density at radius 2 is 2.04 bits per heavy atom. The van der Waals surface area contributed by atoms with Gasteiger partial charge in [-0.25, -0.2) is 9.97 Å². The summed E-state index contributed by atoms with van der Waals surface area (Å²) in [6.45, 7) is 0. The van der Waals surface area contributed by atoms with Crippen LogP contribution >= 0.6 is 0 Å². The number of hydrogen-bond acceptors (Lipinski definition) is 3. The van der Waals surface area contributed by atoms with Crippen LogP contribution in [0.4, 0.5) is 19.0 Å². The average Bonchev–Trinajstić information content (AvgIpc) is 3.31. The lowest BCUT2D eigenvalue weighted by Crippen LogP contribution is -2.17. The zero-order valence-corrected chi connectivity index (χ0v) is 12.1. The van der Waals surface area contributed by atoms with Crippen LogP contribution in [0.1, 0.15) is 35.7 Å². The number of alkyl halides is 3. The Kier molecular flexibility index (Phi) is 4.02. The minimum atomic E-state index is -4.52. The van der Waals surface area contributed by atoms with Crippen LogP contribution in [0.3, 0.4) is 0 Å². The van der Waals surface area contributed by atoms with Gasteiger partial charge in [0.05, 0.1) is 12.1 Å². The molecule has 4 nitrogen and oxygen atoms in total. The first-order chi connectivity index (χ1) is 10.9. The van der Waals surface area contributed by atoms with E-state index in [1.54, 1.807) is 12.3 Å². The first-order valence-electron chi connectivity index (χ1n) is 7.21. The molecule has 0 unspecified atom stereocenters. The summed E-state index contributed by atoms with van der Waals surface area (Å²) in [5, 5.41) is 2.60. The summed E-state index contributed by atoms with van der Waals surface area (Å²) in [6.07, 6.45) is -0.880. The van der Waals surface area contributed by atoms with Crippen molar-refractivity contribution in [1.29, 1.82) is 0 Å². The van der Waals surface area contributed by atoms with Gasteiger partial charge in [0.15, 0.2) is 0 Å². The molecule has 0 aromatic carbocycles. The van der Waals surface area contributed by atoms with E-state index in [1.165, 1.54) is 12.1 Å². The number of pyridine rings is 2. The van der Waals surface area contributed by atoms with E-state index in [-0.39, 0.29) is 12.1 Å². The molecule has 2 aromatic rings. The lowest BCUT2D eigenvalue weighted by atomic mass is 10.2. The molecule has 0 radical (unpaired) electrons. The summed E-state index contributed by atoms with van der Waals surface area (Å²) in [4.78, 5) is 19.5. The Morgan fingerprint density at radius 1 is 1.26 bits per heavy atom. The molecule has 7 heteroatoms. The number of aromatic nitrogens is 2. The normalized spacial score (nSPS) is 14.6. The molecule has 2 aromatic heterocycles. The Labute approximate surface area is 130 Å². The third kappa shape index (κ3) is 4.06. The number of rotatable bonds is 4. The van der Waals surface area contributed by atoms with Gasteiger partial charge in [0.1, 0.15) is 11.5 Å². The van der Waals surface area contributed by atoms with Crippen molar-refractivity contribution in [3.63, 3.8) is 0 Å². The van der Waals surface area contributed by atoms with E-state index in [4.69, 9.17) is 0 Å². The highest BCUT2D eigenvalue weighted by atomic mass is 19.4. The van der Waals surface area contributed by atoms with Gasteiger partial charge in [-0.3, -0.25) is 4.79 Å². The molecular formula is C16H14F3N3O. The molecule has 23 heavy (non-hydrogen) atoms. The van der Waals surface area contributed by atoms with Gasteiger partial charge in [-0.1, -0.05) is 6.07 Å². The molecule has 1 amide bonds. The molecule has 120 valence electrons. The highest BCUT2D eigenvalue weighted by Crippen LogP contribution is 2.40. The van der Waals surface area contributed by atoms with E-state index in [0.29, 0.717) is 11.7 Å². The Bertz CT molecular complexity index is 727. The van der Waals surface area contributed by atoms with Gasteiger partial charge < -0.3 is 5.32 Å². The predicted octanol–water partition coefficient (Wildman–Crippen LogP) is 3.55. The van der Waals surface area contributed by atoms with Crippen LogP contribution in [0.2, 0.25) is 0 Å². The third-order valence-corrected chi connectivity index (χ3v) is 3.54. The molecule has 1 aliphatic rings. The fourth-order valence-electron chi connectivity index (χ4n) is 2.27. The van der Waals surface area contributed by atoms with Crippen molar-refractivity contribution in [2.75, 3.05) is 5.32 Å². The Hall–Kier alpha value is -2.44. The molecule has 0 spiro atoms. The Morgan fingerprint density at radius 3 is 2.74 bits per heavy atom. The molecular weight excluding hydrogens is 307 g/mol. The topological polar surface area (TPSA) is 54.9 Å². The fourth-order valence-corrected chi connectivity index (χ4v) is 2.27. The van der Waals surface area contributed by atoms with Gasteiger partial charge in [-0.2, -0.15) is 13.2 Å². The maximum Gasteiger partial charge on any atom is 0.433 e. The zero-order valence-electron chi connectivity index (χ0n) is 12.1. The van der Waals surface area contributed by atoms with Crippen LogP contribution in [0, 0.1) is 0 Å². The summed E-state index contributed by atoms with van der Waals surface area (Å²) < 4.78 is 37.8. The van der Waals surface area contributed by atoms with Gasteiger partial charge in [0.25, 0.3) is 0 Å². The number of carbonyl (C=O) groups is 1. The largest absolute Gasteiger partial charge is 0.433 e. The summed E-state index contributed by atoms with van der Waals surface area (Å²) in [5.74, 6) is 0.488. The van der Waals surface area contributed by atoms with Crippen molar-refractivity contribution in [3.8, 4) is 0 Å². The molecule has 2 heterocycles. The van der Waals surface area contributed by atoms with Gasteiger partial charge in [0, 0.05) is 6.20 Å². The van der Waals surface area contributed by atoms with Crippen LogP contribution in [0.15, 0.2) is 36.5 Å². The molecule has 1 N–H and O–H groups in total. The molecule has 3 rings (SSSR count). The van der Waals surface area contributed by atoms with Crippen molar-refractivity contribution < 1.29 is 18.0 Å². The van der Waals surface area contributed by atoms with Gasteiger partial charge >= 0.3 is 6.18 Å². The van der Waals surface area contributed by atoms with Crippen molar-refractivity contribution in [1.82, 2.24) is 9.97 Å². The van der Waals surface area contributed by atoms with Crippen molar-refractivity contribution >= 4 is 11.7 Å². The lowest BCUT2D eigenvalue weighted by molar-refractivity contribution is -0.141. The summed E-state index contributed by atoms with van der Waals surface area (Å²) in [5.41, 5.74) is 0.180. The second kappa shape index (κ2) is 5.98. The summed E-state index contributed by atoms with van der Waals surface area (Å²) >= 11 is 0. The average molecular weight is 321 g/mol. The number of hydrogen-bond donors (Lipinski definition) is 1. The molecule has 1 fully saturated rings. The van der Waals surface area contributed by atoms with Crippen molar-refractivity contribution in [2.24, 2.45) is 0 Å². The first kappa shape index (κ1) is 15.5. The van der Waals surface area contributed by atoms with Crippen molar-refractivity contribution in [3.05, 3.63) is 53.5 Å². The Balaban J connectivity index is 1.66. The molecule has 0 aliphatic heterocycles. The third-order valence-electron chi connectivity index (χ3n) is 3.54. The zero-order chi connectivity index (χ0) is 16.4. The fraction of sp³-hybridized carbons (Fsp3) is 0.312. The molecule has 1 aliphatic carbocycles. The van der Waals surface area contributed by atoms with Gasteiger partial charge in [-0.15, -0.1) is 0 Å². The van der Waals surface area contributed by atoms with Crippen LogP contribution in [0.25, 0.3) is 0 Å². The van der Waals surface area contributed by atoms with Crippen LogP contribution in [-0.2, 0) is 17.4 Å².